The van der Waals surface area contributed by atoms with Crippen molar-refractivity contribution in [2.45, 2.75) is 19.3 Å². The molecule has 144 valence electrons. The molecule has 3 amide bonds. The van der Waals surface area contributed by atoms with Gasteiger partial charge in [-0.25, -0.2) is 0 Å². The molecule has 0 radical (unpaired) electrons. The summed E-state index contributed by atoms with van der Waals surface area (Å²) < 4.78 is 5.28. The number of anilines is 2. The number of rotatable bonds is 4. The van der Waals surface area contributed by atoms with Gasteiger partial charge in [-0.2, -0.15) is 0 Å². The van der Waals surface area contributed by atoms with Crippen molar-refractivity contribution in [3.63, 3.8) is 0 Å². The van der Waals surface area contributed by atoms with Gasteiger partial charge in [0.1, 0.15) is 0 Å². The number of carbonyl (C=O) groups excluding carboxylic acids is 3. The minimum atomic E-state index is -0.661. The van der Waals surface area contributed by atoms with Crippen molar-refractivity contribution in [3.8, 4) is 0 Å². The summed E-state index contributed by atoms with van der Waals surface area (Å²) in [6.07, 6.45) is 1.95. The molecule has 3 aliphatic heterocycles. The Morgan fingerprint density at radius 3 is 2.52 bits per heavy atom. The molecule has 0 unspecified atom stereocenters. The van der Waals surface area contributed by atoms with Gasteiger partial charge in [-0.05, 0) is 36.1 Å². The van der Waals surface area contributed by atoms with Gasteiger partial charge in [-0.3, -0.25) is 19.3 Å². The van der Waals surface area contributed by atoms with E-state index in [0.29, 0.717) is 51.4 Å². The van der Waals surface area contributed by atoms with E-state index >= 15 is 0 Å². The Balaban J connectivity index is 1.33. The molecule has 0 bridgehead atoms. The highest BCUT2D eigenvalue weighted by molar-refractivity contribution is 6.39. The first-order chi connectivity index (χ1) is 13.1. The Kier molecular flexibility index (Phi) is 5.09. The highest BCUT2D eigenvalue weighted by Gasteiger charge is 2.31. The van der Waals surface area contributed by atoms with Crippen molar-refractivity contribution in [2.75, 3.05) is 56.2 Å². The topological polar surface area (TPSA) is 91.0 Å². The molecule has 1 saturated heterocycles. The average molecular weight is 372 g/mol. The highest BCUT2D eigenvalue weighted by Crippen LogP contribution is 2.38. The monoisotopic (exact) mass is 372 g/mol. The van der Waals surface area contributed by atoms with E-state index in [1.165, 1.54) is 0 Å². The zero-order valence-electron chi connectivity index (χ0n) is 15.3. The maximum Gasteiger partial charge on any atom is 0.313 e. The molecular weight excluding hydrogens is 348 g/mol. The Morgan fingerprint density at radius 2 is 1.74 bits per heavy atom. The fourth-order valence-corrected chi connectivity index (χ4v) is 3.95. The lowest BCUT2D eigenvalue weighted by Gasteiger charge is -2.26. The normalized spacial score (nSPS) is 19.0. The molecule has 1 aromatic rings. The Labute approximate surface area is 157 Å². The minimum absolute atomic E-state index is 0.165. The van der Waals surface area contributed by atoms with Crippen molar-refractivity contribution in [1.29, 1.82) is 0 Å². The van der Waals surface area contributed by atoms with Crippen LogP contribution in [-0.2, 0) is 32.0 Å². The number of nitrogens with zero attached hydrogens (tertiary/aromatic N) is 2. The van der Waals surface area contributed by atoms with Crippen LogP contribution in [0.4, 0.5) is 11.4 Å². The van der Waals surface area contributed by atoms with E-state index in [1.807, 2.05) is 17.0 Å². The summed E-state index contributed by atoms with van der Waals surface area (Å²) >= 11 is 0. The van der Waals surface area contributed by atoms with Gasteiger partial charge in [0.15, 0.2) is 0 Å². The van der Waals surface area contributed by atoms with Crippen molar-refractivity contribution < 1.29 is 19.1 Å². The van der Waals surface area contributed by atoms with Gasteiger partial charge in [0.2, 0.25) is 5.91 Å². The fraction of sp³-hybridized carbons (Fsp3) is 0.526. The number of amides is 3. The van der Waals surface area contributed by atoms with E-state index < -0.39 is 11.8 Å². The number of hydrogen-bond donors (Lipinski definition) is 2. The van der Waals surface area contributed by atoms with Crippen LogP contribution in [0.5, 0.6) is 0 Å². The molecule has 0 aliphatic carbocycles. The smallest absolute Gasteiger partial charge is 0.313 e. The standard InChI is InChI=1S/C19H24N4O4/c24-16-2-1-13-11-15(12-14-3-5-23(16)17(13)14)21-19(26)18(25)20-4-6-22-7-9-27-10-8-22/h11-12H,1-10H2,(H,20,25)(H,21,26). The summed E-state index contributed by atoms with van der Waals surface area (Å²) in [5.41, 5.74) is 3.74. The second kappa shape index (κ2) is 7.66. The van der Waals surface area contributed by atoms with Gasteiger partial charge in [0.25, 0.3) is 0 Å². The van der Waals surface area contributed by atoms with Gasteiger partial charge in [-0.15, -0.1) is 0 Å². The number of benzene rings is 1. The summed E-state index contributed by atoms with van der Waals surface area (Å²) in [6.45, 7) is 4.93. The first-order valence-electron chi connectivity index (χ1n) is 9.47. The molecular formula is C19H24N4O4. The SMILES string of the molecule is O=C(NCCN1CCOCC1)C(=O)Nc1cc2c3c(c1)CCN3C(=O)CC2. The molecule has 4 rings (SSSR count). The maximum absolute atomic E-state index is 12.2. The molecule has 3 heterocycles. The maximum atomic E-state index is 12.2. The summed E-state index contributed by atoms with van der Waals surface area (Å²) in [5, 5.41) is 5.37. The zero-order valence-corrected chi connectivity index (χ0v) is 15.3. The van der Waals surface area contributed by atoms with Crippen LogP contribution in [0, 0.1) is 0 Å². The molecule has 8 heteroatoms. The third-order valence-corrected chi connectivity index (χ3v) is 5.33. The lowest BCUT2D eigenvalue weighted by molar-refractivity contribution is -0.136. The van der Waals surface area contributed by atoms with E-state index in [2.05, 4.69) is 15.5 Å². The number of ether oxygens (including phenoxy) is 1. The number of nitrogens with one attached hydrogen (secondary N) is 2. The Hall–Kier alpha value is -2.45. The van der Waals surface area contributed by atoms with Crippen LogP contribution < -0.4 is 15.5 Å². The molecule has 1 aromatic carbocycles. The predicted octanol–water partition coefficient (Wildman–Crippen LogP) is -0.0912. The van der Waals surface area contributed by atoms with E-state index in [9.17, 15) is 14.4 Å². The molecule has 2 N–H and O–H groups in total. The zero-order chi connectivity index (χ0) is 18.8. The van der Waals surface area contributed by atoms with Crippen molar-refractivity contribution in [1.82, 2.24) is 10.2 Å². The van der Waals surface area contributed by atoms with Gasteiger partial charge >= 0.3 is 11.8 Å². The molecule has 3 aliphatic rings. The van der Waals surface area contributed by atoms with Crippen LogP contribution in [0.2, 0.25) is 0 Å². The molecule has 0 aromatic heterocycles. The van der Waals surface area contributed by atoms with Gasteiger partial charge in [0, 0.05) is 44.8 Å². The van der Waals surface area contributed by atoms with Gasteiger partial charge in [-0.1, -0.05) is 0 Å². The average Bonchev–Trinajstić information content (AvgIpc) is 3.11. The summed E-state index contributed by atoms with van der Waals surface area (Å²) in [5.74, 6) is -1.13. The molecule has 0 spiro atoms. The Morgan fingerprint density at radius 1 is 1.00 bits per heavy atom. The van der Waals surface area contributed by atoms with Crippen LogP contribution in [0.15, 0.2) is 12.1 Å². The van der Waals surface area contributed by atoms with Crippen molar-refractivity contribution in [3.05, 3.63) is 23.3 Å². The third-order valence-electron chi connectivity index (χ3n) is 5.33. The van der Waals surface area contributed by atoms with Gasteiger partial charge in [0.05, 0.1) is 18.9 Å². The number of aryl methyl sites for hydroxylation is 1. The lowest BCUT2D eigenvalue weighted by atomic mass is 9.98. The molecule has 1 fully saturated rings. The van der Waals surface area contributed by atoms with Crippen LogP contribution in [0.1, 0.15) is 17.5 Å². The van der Waals surface area contributed by atoms with E-state index in [-0.39, 0.29) is 5.91 Å². The summed E-state index contributed by atoms with van der Waals surface area (Å²) in [4.78, 5) is 40.3. The first kappa shape index (κ1) is 17.9. The number of morpholine rings is 1. The van der Waals surface area contributed by atoms with E-state index in [1.54, 1.807) is 0 Å². The van der Waals surface area contributed by atoms with Crippen LogP contribution in [0.25, 0.3) is 0 Å². The van der Waals surface area contributed by atoms with Crippen molar-refractivity contribution >= 4 is 29.1 Å². The van der Waals surface area contributed by atoms with Crippen molar-refractivity contribution in [2.24, 2.45) is 0 Å². The first-order valence-corrected chi connectivity index (χ1v) is 9.47. The quantitative estimate of drug-likeness (QED) is 0.721. The second-order valence-electron chi connectivity index (χ2n) is 7.10. The molecule has 0 saturated carbocycles. The third kappa shape index (κ3) is 3.81. The van der Waals surface area contributed by atoms with E-state index in [0.717, 1.165) is 36.3 Å². The lowest BCUT2D eigenvalue weighted by Crippen LogP contribution is -2.43. The largest absolute Gasteiger partial charge is 0.379 e. The summed E-state index contributed by atoms with van der Waals surface area (Å²) in [7, 11) is 0. The highest BCUT2D eigenvalue weighted by atomic mass is 16.5. The fourth-order valence-electron chi connectivity index (χ4n) is 3.95. The summed E-state index contributed by atoms with van der Waals surface area (Å²) in [6, 6.07) is 3.75. The van der Waals surface area contributed by atoms with Crippen LogP contribution >= 0.6 is 0 Å². The molecule has 0 atom stereocenters. The predicted molar refractivity (Wildman–Crippen MR) is 99.7 cm³/mol. The molecule has 27 heavy (non-hydrogen) atoms. The number of carbonyl (C=O) groups is 3. The number of hydrogen-bond acceptors (Lipinski definition) is 5. The Bertz CT molecular complexity index is 773. The second-order valence-corrected chi connectivity index (χ2v) is 7.10. The van der Waals surface area contributed by atoms with Crippen LogP contribution in [-0.4, -0.2) is 68.6 Å². The van der Waals surface area contributed by atoms with Crippen LogP contribution in [0.3, 0.4) is 0 Å². The van der Waals surface area contributed by atoms with Gasteiger partial charge < -0.3 is 20.3 Å². The minimum Gasteiger partial charge on any atom is -0.379 e. The van der Waals surface area contributed by atoms with E-state index in [4.69, 9.17) is 4.74 Å². The molecule has 8 nitrogen and oxygen atoms in total.